The van der Waals surface area contributed by atoms with Crippen molar-refractivity contribution in [2.75, 3.05) is 13.1 Å². The maximum Gasteiger partial charge on any atom is 0.334 e. The number of urea groups is 1. The Bertz CT molecular complexity index is 1760. The van der Waals surface area contributed by atoms with E-state index in [0.717, 1.165) is 33.3 Å². The third-order valence-electron chi connectivity index (χ3n) is 9.24. The molecule has 7 rings (SSSR count). The van der Waals surface area contributed by atoms with Gasteiger partial charge in [0.1, 0.15) is 6.04 Å². The molecule has 3 atom stereocenters. The number of carbonyl (C=O) groups is 3. The predicted octanol–water partition coefficient (Wildman–Crippen LogP) is 4.74. The van der Waals surface area contributed by atoms with E-state index in [2.05, 4.69) is 35.9 Å². The molecule has 3 aromatic carbocycles. The molecule has 2 aliphatic heterocycles. The summed E-state index contributed by atoms with van der Waals surface area (Å²) in [5, 5.41) is 6.57. The number of carbonyl (C=O) groups excluding carboxylic acids is 3. The number of hydrogen-bond acceptors (Lipinski definition) is 6. The molecule has 0 radical (unpaired) electrons. The molecular formula is C35H36N6O3S. The highest BCUT2D eigenvalue weighted by Gasteiger charge is 2.75. The van der Waals surface area contributed by atoms with Gasteiger partial charge in [0, 0.05) is 32.5 Å². The van der Waals surface area contributed by atoms with E-state index in [1.165, 1.54) is 5.56 Å². The molecular weight excluding hydrogens is 584 g/mol. The molecule has 2 saturated heterocycles. The molecule has 1 saturated carbocycles. The summed E-state index contributed by atoms with van der Waals surface area (Å²) >= 11 is 1.57. The summed E-state index contributed by atoms with van der Waals surface area (Å²) < 4.78 is 1.06. The van der Waals surface area contributed by atoms with Crippen LogP contribution in [0.5, 0.6) is 0 Å². The molecule has 3 heterocycles. The number of fused-ring (bicyclic) bond motifs is 1. The number of hydrazine groups is 1. The molecule has 0 unspecified atom stereocenters. The Balaban J connectivity index is 1.28. The number of benzene rings is 3. The Hall–Kier alpha value is -4.54. The molecule has 45 heavy (non-hydrogen) atoms. The summed E-state index contributed by atoms with van der Waals surface area (Å²) in [5.74, 6) is -0.258. The molecule has 1 N–H and O–H groups in total. The van der Waals surface area contributed by atoms with E-state index < -0.39 is 11.7 Å². The van der Waals surface area contributed by atoms with Crippen LogP contribution in [0.15, 0.2) is 91.0 Å². The van der Waals surface area contributed by atoms with Crippen LogP contribution in [0, 0.1) is 0 Å². The highest BCUT2D eigenvalue weighted by atomic mass is 32.1. The molecule has 230 valence electrons. The van der Waals surface area contributed by atoms with Gasteiger partial charge >= 0.3 is 6.03 Å². The number of aromatic nitrogens is 1. The second kappa shape index (κ2) is 11.8. The van der Waals surface area contributed by atoms with Gasteiger partial charge in [0.2, 0.25) is 11.8 Å². The maximum atomic E-state index is 14.5. The lowest BCUT2D eigenvalue weighted by atomic mass is 9.97. The number of para-hydroxylation sites is 1. The minimum atomic E-state index is -1.00. The van der Waals surface area contributed by atoms with Crippen molar-refractivity contribution in [2.45, 2.75) is 57.0 Å². The van der Waals surface area contributed by atoms with Crippen molar-refractivity contribution in [1.82, 2.24) is 30.1 Å². The van der Waals surface area contributed by atoms with Gasteiger partial charge in [0.25, 0.3) is 0 Å². The van der Waals surface area contributed by atoms with E-state index in [1.54, 1.807) is 32.3 Å². The van der Waals surface area contributed by atoms with Crippen molar-refractivity contribution in [3.8, 4) is 0 Å². The van der Waals surface area contributed by atoms with Crippen molar-refractivity contribution >= 4 is 39.4 Å². The third kappa shape index (κ3) is 5.07. The van der Waals surface area contributed by atoms with E-state index in [-0.39, 0.29) is 30.4 Å². The fraction of sp³-hybridized carbons (Fsp3) is 0.314. The maximum absolute atomic E-state index is 14.5. The van der Waals surface area contributed by atoms with E-state index in [1.807, 2.05) is 71.1 Å². The van der Waals surface area contributed by atoms with Crippen molar-refractivity contribution < 1.29 is 14.4 Å². The topological polar surface area (TPSA) is 89.1 Å². The van der Waals surface area contributed by atoms with Crippen LogP contribution in [-0.4, -0.2) is 73.5 Å². The van der Waals surface area contributed by atoms with Gasteiger partial charge in [-0.2, -0.15) is 0 Å². The summed E-state index contributed by atoms with van der Waals surface area (Å²) in [6, 6.07) is 22.6. The lowest BCUT2D eigenvalue weighted by Crippen LogP contribution is -2.77. The van der Waals surface area contributed by atoms with Gasteiger partial charge in [0.15, 0.2) is 5.66 Å². The second-order valence-corrected chi connectivity index (χ2v) is 12.8. The Labute approximate surface area is 266 Å². The zero-order valence-corrected chi connectivity index (χ0v) is 26.1. The monoisotopic (exact) mass is 620 g/mol. The Morgan fingerprint density at radius 3 is 2.58 bits per heavy atom. The van der Waals surface area contributed by atoms with Crippen molar-refractivity contribution in [3.05, 3.63) is 113 Å². The van der Waals surface area contributed by atoms with Crippen LogP contribution in [0.2, 0.25) is 0 Å². The zero-order chi connectivity index (χ0) is 31.1. The largest absolute Gasteiger partial charge is 0.334 e. The van der Waals surface area contributed by atoms with Crippen molar-refractivity contribution in [3.63, 3.8) is 0 Å². The lowest BCUT2D eigenvalue weighted by Gasteiger charge is -2.55. The van der Waals surface area contributed by atoms with E-state index >= 15 is 0 Å². The Morgan fingerprint density at radius 1 is 1.04 bits per heavy atom. The molecule has 10 heteroatoms. The minimum absolute atomic E-state index is 0.0179. The number of nitrogens with one attached hydrogen (secondary N) is 1. The molecule has 1 spiro atoms. The van der Waals surface area contributed by atoms with Crippen LogP contribution in [0.25, 0.3) is 10.2 Å². The van der Waals surface area contributed by atoms with Crippen LogP contribution < -0.4 is 5.32 Å². The normalized spacial score (nSPS) is 22.7. The first-order valence-corrected chi connectivity index (χ1v) is 16.3. The van der Waals surface area contributed by atoms with Crippen molar-refractivity contribution in [1.29, 1.82) is 0 Å². The first-order valence-electron chi connectivity index (χ1n) is 15.4. The van der Waals surface area contributed by atoms with E-state index in [9.17, 15) is 14.4 Å². The SMILES string of the molecule is C=CCN1CC(=O)N2[C@@H](Cc3ccc(CC)cc3)C(=O)N(Cc3cccc4scnc34)[C@@H]3C[C@@]32N1C(=O)NCc1ccccc1. The fourth-order valence-corrected chi connectivity index (χ4v) is 7.77. The number of hydrogen-bond donors (Lipinski definition) is 1. The standard InChI is InChI=1S/C35H36N6O3S/c1-3-17-38-22-31(42)40-28(18-25-15-13-24(4-2)14-16-25)33(43)39(21-27-11-8-12-29-32(27)37-23-45-29)30-19-35(30,40)41(38)34(44)36-20-26-9-6-5-7-10-26/h3,5-16,23,28,30H,1,4,17-22H2,2H3,(H,36,44)/t28-,30+,35+/m0/s1. The third-order valence-corrected chi connectivity index (χ3v) is 10.0. The Kier molecular flexibility index (Phi) is 7.63. The minimum Gasteiger partial charge on any atom is -0.333 e. The highest BCUT2D eigenvalue weighted by Crippen LogP contribution is 2.55. The number of amides is 4. The van der Waals surface area contributed by atoms with Crippen LogP contribution in [0.1, 0.15) is 35.6 Å². The molecule has 3 fully saturated rings. The van der Waals surface area contributed by atoms with Crippen LogP contribution in [-0.2, 0) is 35.5 Å². The number of rotatable bonds is 9. The average Bonchev–Trinajstić information content (AvgIpc) is 3.56. The lowest BCUT2D eigenvalue weighted by molar-refractivity contribution is -0.194. The smallest absolute Gasteiger partial charge is 0.333 e. The number of aryl methyl sites for hydroxylation is 1. The molecule has 4 amide bonds. The summed E-state index contributed by atoms with van der Waals surface area (Å²) in [5.41, 5.74) is 5.81. The number of thiazole rings is 1. The fourth-order valence-electron chi connectivity index (χ4n) is 7.04. The molecule has 9 nitrogen and oxygen atoms in total. The van der Waals surface area contributed by atoms with Crippen LogP contribution in [0.3, 0.4) is 0 Å². The zero-order valence-electron chi connectivity index (χ0n) is 25.3. The van der Waals surface area contributed by atoms with Gasteiger partial charge in [-0.1, -0.05) is 79.7 Å². The quantitative estimate of drug-likeness (QED) is 0.273. The molecule has 1 aliphatic carbocycles. The summed E-state index contributed by atoms with van der Waals surface area (Å²) in [4.78, 5) is 51.0. The van der Waals surface area contributed by atoms with Gasteiger partial charge in [-0.05, 0) is 34.7 Å². The van der Waals surface area contributed by atoms with E-state index in [4.69, 9.17) is 0 Å². The van der Waals surface area contributed by atoms with Crippen molar-refractivity contribution in [2.24, 2.45) is 0 Å². The number of nitrogens with zero attached hydrogens (tertiary/aromatic N) is 5. The van der Waals surface area contributed by atoms with Gasteiger partial charge in [-0.25, -0.2) is 19.8 Å². The van der Waals surface area contributed by atoms with Gasteiger partial charge in [-0.15, -0.1) is 17.9 Å². The summed E-state index contributed by atoms with van der Waals surface area (Å²) in [7, 11) is 0. The molecule has 4 aromatic rings. The average molecular weight is 621 g/mol. The number of piperazine rings is 1. The molecule has 0 bridgehead atoms. The highest BCUT2D eigenvalue weighted by molar-refractivity contribution is 7.16. The second-order valence-electron chi connectivity index (χ2n) is 11.9. The first-order chi connectivity index (χ1) is 21.9. The molecule has 3 aliphatic rings. The Morgan fingerprint density at radius 2 is 1.82 bits per heavy atom. The summed E-state index contributed by atoms with van der Waals surface area (Å²) in [6.07, 6.45) is 3.45. The van der Waals surface area contributed by atoms with Gasteiger partial charge < -0.3 is 15.1 Å². The first kappa shape index (κ1) is 29.2. The van der Waals surface area contributed by atoms with E-state index in [0.29, 0.717) is 32.5 Å². The van der Waals surface area contributed by atoms with Gasteiger partial charge in [0.05, 0.1) is 28.3 Å². The predicted molar refractivity (Wildman–Crippen MR) is 174 cm³/mol. The van der Waals surface area contributed by atoms with Gasteiger partial charge in [-0.3, -0.25) is 9.59 Å². The molecule has 1 aromatic heterocycles. The summed E-state index contributed by atoms with van der Waals surface area (Å²) in [6.45, 7) is 7.00. The van der Waals surface area contributed by atoms with Crippen LogP contribution >= 0.6 is 11.3 Å². The van der Waals surface area contributed by atoms with Crippen LogP contribution in [0.4, 0.5) is 4.79 Å².